The Morgan fingerprint density at radius 3 is 2.67 bits per heavy atom. The highest BCUT2D eigenvalue weighted by Crippen LogP contribution is 2.40. The number of likely N-dealkylation sites (tertiary alicyclic amines) is 1. The molecule has 1 saturated heterocycles. The second-order valence-electron chi connectivity index (χ2n) is 5.93. The Morgan fingerprint density at radius 2 is 2.06 bits per heavy atom. The molecule has 0 saturated carbocycles. The van der Waals surface area contributed by atoms with Crippen molar-refractivity contribution < 1.29 is 0 Å². The highest BCUT2D eigenvalue weighted by molar-refractivity contribution is 9.10. The third kappa shape index (κ3) is 2.74. The molecule has 1 fully saturated rings. The molecule has 0 bridgehead atoms. The van der Waals surface area contributed by atoms with E-state index in [4.69, 9.17) is 17.3 Å². The normalized spacial score (nSPS) is 25.7. The van der Waals surface area contributed by atoms with Crippen LogP contribution in [-0.4, -0.2) is 23.0 Å². The van der Waals surface area contributed by atoms with Crippen LogP contribution >= 0.6 is 27.5 Å². The summed E-state index contributed by atoms with van der Waals surface area (Å²) in [5.74, 6) is 0. The average molecular weight is 332 g/mol. The highest BCUT2D eigenvalue weighted by Gasteiger charge is 2.39. The number of nitrogens with two attached hydrogens (primary N) is 1. The van der Waals surface area contributed by atoms with E-state index in [1.807, 2.05) is 12.1 Å². The predicted molar refractivity (Wildman–Crippen MR) is 80.9 cm³/mol. The second-order valence-corrected chi connectivity index (χ2v) is 7.25. The fourth-order valence-corrected chi connectivity index (χ4v) is 3.32. The fraction of sp³-hybridized carbons (Fsp3) is 0.571. The number of nitrogens with zero attached hydrogens (tertiary/aromatic N) is 1. The van der Waals surface area contributed by atoms with Gasteiger partial charge in [-0.05, 0) is 51.0 Å². The van der Waals surface area contributed by atoms with Gasteiger partial charge in [-0.15, -0.1) is 0 Å². The molecule has 1 heterocycles. The Hall–Kier alpha value is -0.0900. The van der Waals surface area contributed by atoms with Gasteiger partial charge in [0.2, 0.25) is 0 Å². The second kappa shape index (κ2) is 5.12. The molecule has 0 spiro atoms. The van der Waals surface area contributed by atoms with E-state index in [-0.39, 0.29) is 17.6 Å². The van der Waals surface area contributed by atoms with E-state index in [1.54, 1.807) is 0 Å². The highest BCUT2D eigenvalue weighted by atomic mass is 79.9. The van der Waals surface area contributed by atoms with E-state index in [2.05, 4.69) is 47.7 Å². The zero-order valence-corrected chi connectivity index (χ0v) is 13.4. The number of hydrogen-bond acceptors (Lipinski definition) is 2. The average Bonchev–Trinajstić information content (AvgIpc) is 2.63. The molecule has 4 heteroatoms. The first-order valence-electron chi connectivity index (χ1n) is 6.28. The van der Waals surface area contributed by atoms with E-state index in [1.165, 1.54) is 0 Å². The molecule has 18 heavy (non-hydrogen) atoms. The Morgan fingerprint density at radius 1 is 1.39 bits per heavy atom. The number of halogens is 2. The summed E-state index contributed by atoms with van der Waals surface area (Å²) in [7, 11) is 0. The van der Waals surface area contributed by atoms with Gasteiger partial charge in [0.1, 0.15) is 0 Å². The topological polar surface area (TPSA) is 29.3 Å². The van der Waals surface area contributed by atoms with Gasteiger partial charge in [0, 0.05) is 27.6 Å². The van der Waals surface area contributed by atoms with Gasteiger partial charge in [-0.1, -0.05) is 27.5 Å². The van der Waals surface area contributed by atoms with E-state index in [0.29, 0.717) is 0 Å². The summed E-state index contributed by atoms with van der Waals surface area (Å²) in [4.78, 5) is 2.45. The summed E-state index contributed by atoms with van der Waals surface area (Å²) >= 11 is 9.87. The van der Waals surface area contributed by atoms with E-state index in [9.17, 15) is 0 Å². The fourth-order valence-electron chi connectivity index (χ4n) is 2.71. The zero-order valence-electron chi connectivity index (χ0n) is 11.1. The van der Waals surface area contributed by atoms with Crippen molar-refractivity contribution in [1.82, 2.24) is 4.90 Å². The summed E-state index contributed by atoms with van der Waals surface area (Å²) < 4.78 is 1.05. The van der Waals surface area contributed by atoms with E-state index in [0.717, 1.165) is 28.0 Å². The lowest BCUT2D eigenvalue weighted by molar-refractivity contribution is 0.117. The maximum Gasteiger partial charge on any atom is 0.0519 e. The number of rotatable bonds is 1. The zero-order chi connectivity index (χ0) is 13.5. The van der Waals surface area contributed by atoms with Crippen molar-refractivity contribution in [1.29, 1.82) is 0 Å². The van der Waals surface area contributed by atoms with Crippen LogP contribution in [0, 0.1) is 0 Å². The van der Waals surface area contributed by atoms with Crippen LogP contribution in [0.25, 0.3) is 0 Å². The largest absolute Gasteiger partial charge is 0.326 e. The van der Waals surface area contributed by atoms with Crippen LogP contribution < -0.4 is 5.73 Å². The summed E-state index contributed by atoms with van der Waals surface area (Å²) in [6, 6.07) is 6.35. The van der Waals surface area contributed by atoms with Gasteiger partial charge in [0.15, 0.2) is 0 Å². The summed E-state index contributed by atoms with van der Waals surface area (Å²) in [5.41, 5.74) is 7.53. The lowest BCUT2D eigenvalue weighted by Crippen LogP contribution is -2.43. The third-order valence-electron chi connectivity index (χ3n) is 3.58. The van der Waals surface area contributed by atoms with Gasteiger partial charge < -0.3 is 5.73 Å². The number of benzene rings is 1. The minimum absolute atomic E-state index is 0.102. The van der Waals surface area contributed by atoms with Crippen molar-refractivity contribution >= 4 is 27.5 Å². The molecule has 0 aromatic heterocycles. The maximum absolute atomic E-state index is 6.35. The van der Waals surface area contributed by atoms with Crippen LogP contribution in [0.3, 0.4) is 0 Å². The van der Waals surface area contributed by atoms with Crippen molar-refractivity contribution in [2.45, 2.75) is 44.8 Å². The first kappa shape index (κ1) is 14.3. The van der Waals surface area contributed by atoms with Gasteiger partial charge in [0.25, 0.3) is 0 Å². The van der Waals surface area contributed by atoms with Crippen LogP contribution in [0.2, 0.25) is 5.02 Å². The number of hydrogen-bond donors (Lipinski definition) is 1. The van der Waals surface area contributed by atoms with Gasteiger partial charge in [-0.3, -0.25) is 4.90 Å². The van der Waals surface area contributed by atoms with Crippen LogP contribution in [0.1, 0.15) is 38.8 Å². The molecule has 1 aromatic rings. The molecule has 2 N–H and O–H groups in total. The van der Waals surface area contributed by atoms with Gasteiger partial charge >= 0.3 is 0 Å². The van der Waals surface area contributed by atoms with Crippen molar-refractivity contribution in [3.63, 3.8) is 0 Å². The van der Waals surface area contributed by atoms with E-state index < -0.39 is 0 Å². The molecule has 0 amide bonds. The summed E-state index contributed by atoms with van der Waals surface area (Å²) in [5, 5.41) is 0.801. The molecule has 0 radical (unpaired) electrons. The van der Waals surface area contributed by atoms with Crippen LogP contribution in [0.4, 0.5) is 0 Å². The molecule has 1 aliphatic rings. The Labute approximate surface area is 123 Å². The maximum atomic E-state index is 6.35. The Bertz CT molecular complexity index is 442. The summed E-state index contributed by atoms with van der Waals surface area (Å²) in [6.07, 6.45) is 1.02. The third-order valence-corrected chi connectivity index (χ3v) is 4.42. The molecular formula is C14H20BrClN2. The van der Waals surface area contributed by atoms with Crippen LogP contribution in [-0.2, 0) is 0 Å². The minimum Gasteiger partial charge on any atom is -0.326 e. The Balaban J connectivity index is 2.43. The lowest BCUT2D eigenvalue weighted by Gasteiger charge is -2.38. The first-order chi connectivity index (χ1) is 8.30. The minimum atomic E-state index is 0.102. The smallest absolute Gasteiger partial charge is 0.0519 e. The molecule has 2 unspecified atom stereocenters. The Kier molecular flexibility index (Phi) is 4.07. The monoisotopic (exact) mass is 330 g/mol. The quantitative estimate of drug-likeness (QED) is 0.843. The first-order valence-corrected chi connectivity index (χ1v) is 7.45. The van der Waals surface area contributed by atoms with Gasteiger partial charge in [0.05, 0.1) is 6.04 Å². The van der Waals surface area contributed by atoms with Gasteiger partial charge in [-0.25, -0.2) is 0 Å². The van der Waals surface area contributed by atoms with Crippen LogP contribution in [0.15, 0.2) is 22.7 Å². The standard InChI is InChI=1S/C14H20BrClN2/c1-14(2,3)18-7-6-12(17)13(18)10-8-9(15)4-5-11(10)16/h4-5,8,12-13H,6-7,17H2,1-3H3. The van der Waals surface area contributed by atoms with Gasteiger partial charge in [-0.2, -0.15) is 0 Å². The molecule has 1 aromatic carbocycles. The molecule has 2 nitrogen and oxygen atoms in total. The summed E-state index contributed by atoms with van der Waals surface area (Å²) in [6.45, 7) is 7.70. The molecule has 100 valence electrons. The SMILES string of the molecule is CC(C)(C)N1CCC(N)C1c1cc(Br)ccc1Cl. The molecular weight excluding hydrogens is 312 g/mol. The van der Waals surface area contributed by atoms with Crippen molar-refractivity contribution in [3.05, 3.63) is 33.3 Å². The van der Waals surface area contributed by atoms with Crippen molar-refractivity contribution in [2.24, 2.45) is 5.73 Å². The van der Waals surface area contributed by atoms with Crippen molar-refractivity contribution in [2.75, 3.05) is 6.54 Å². The van der Waals surface area contributed by atoms with E-state index >= 15 is 0 Å². The van der Waals surface area contributed by atoms with Crippen LogP contribution in [0.5, 0.6) is 0 Å². The lowest BCUT2D eigenvalue weighted by atomic mass is 9.97. The molecule has 2 atom stereocenters. The molecule has 2 rings (SSSR count). The molecule has 0 aliphatic carbocycles. The molecule has 1 aliphatic heterocycles. The van der Waals surface area contributed by atoms with Crippen molar-refractivity contribution in [3.8, 4) is 0 Å². The predicted octanol–water partition coefficient (Wildman–Crippen LogP) is 3.98.